The second-order valence-corrected chi connectivity index (χ2v) is 5.12. The summed E-state index contributed by atoms with van der Waals surface area (Å²) in [5, 5.41) is 13.9. The lowest BCUT2D eigenvalue weighted by Gasteiger charge is -2.15. The molecule has 0 aliphatic heterocycles. The van der Waals surface area contributed by atoms with Crippen molar-refractivity contribution in [2.24, 2.45) is 0 Å². The van der Waals surface area contributed by atoms with E-state index in [1.165, 1.54) is 6.07 Å². The molecule has 0 aliphatic rings. The van der Waals surface area contributed by atoms with Crippen molar-refractivity contribution in [1.29, 1.82) is 0 Å². The van der Waals surface area contributed by atoms with Crippen molar-refractivity contribution < 1.29 is 5.11 Å². The topological polar surface area (TPSA) is 45.1 Å². The molecule has 0 spiro atoms. The molecular weight excluding hydrogens is 283 g/mol. The van der Waals surface area contributed by atoms with Gasteiger partial charge in [-0.3, -0.25) is 4.98 Å². The van der Waals surface area contributed by atoms with E-state index in [9.17, 15) is 5.11 Å². The van der Waals surface area contributed by atoms with E-state index >= 15 is 0 Å². The third kappa shape index (κ3) is 3.60. The molecule has 0 saturated carbocycles. The van der Waals surface area contributed by atoms with Gasteiger partial charge in [0.2, 0.25) is 0 Å². The van der Waals surface area contributed by atoms with E-state index < -0.39 is 0 Å². The third-order valence-electron chi connectivity index (χ3n) is 2.91. The fourth-order valence-electron chi connectivity index (χ4n) is 1.79. The molecule has 100 valence electrons. The highest BCUT2D eigenvalue weighted by atomic mass is 35.5. The summed E-state index contributed by atoms with van der Waals surface area (Å²) in [6, 6.07) is 7.26. The van der Waals surface area contributed by atoms with E-state index in [0.29, 0.717) is 17.1 Å². The summed E-state index contributed by atoms with van der Waals surface area (Å²) in [5.74, 6) is 0.0699. The highest BCUT2D eigenvalue weighted by Crippen LogP contribution is 2.31. The van der Waals surface area contributed by atoms with E-state index in [2.05, 4.69) is 10.3 Å². The maximum atomic E-state index is 9.86. The van der Waals surface area contributed by atoms with Gasteiger partial charge in [-0.1, -0.05) is 23.2 Å². The largest absolute Gasteiger partial charge is 0.506 e. The minimum Gasteiger partial charge on any atom is -0.506 e. The molecule has 1 aromatic carbocycles. The number of benzene rings is 1. The number of aromatic hydroxyl groups is 1. The van der Waals surface area contributed by atoms with Gasteiger partial charge >= 0.3 is 0 Å². The maximum Gasteiger partial charge on any atom is 0.138 e. The van der Waals surface area contributed by atoms with Crippen LogP contribution in [-0.4, -0.2) is 10.1 Å². The Labute approximate surface area is 122 Å². The molecule has 2 N–H and O–H groups in total. The summed E-state index contributed by atoms with van der Waals surface area (Å²) in [7, 11) is 0. The number of hydrogen-bond donors (Lipinski definition) is 2. The minimum atomic E-state index is 0.0699. The zero-order chi connectivity index (χ0) is 13.8. The van der Waals surface area contributed by atoms with Crippen LogP contribution in [0.25, 0.3) is 0 Å². The molecule has 0 amide bonds. The zero-order valence-electron chi connectivity index (χ0n) is 10.4. The number of phenols is 1. The Morgan fingerprint density at radius 3 is 2.63 bits per heavy atom. The van der Waals surface area contributed by atoms with Gasteiger partial charge in [0.1, 0.15) is 5.75 Å². The summed E-state index contributed by atoms with van der Waals surface area (Å²) in [6.45, 7) is 2.52. The van der Waals surface area contributed by atoms with Gasteiger partial charge in [-0.2, -0.15) is 0 Å². The zero-order valence-corrected chi connectivity index (χ0v) is 11.9. The van der Waals surface area contributed by atoms with E-state index in [1.54, 1.807) is 18.5 Å². The number of rotatable bonds is 4. The fraction of sp³-hybridized carbons (Fsp3) is 0.214. The van der Waals surface area contributed by atoms with E-state index in [0.717, 1.165) is 5.56 Å². The SMILES string of the molecule is C[C@H](NCc1cc(Cl)cc(Cl)c1O)c1ccncc1. The first-order valence-corrected chi connectivity index (χ1v) is 6.63. The predicted molar refractivity (Wildman–Crippen MR) is 77.6 cm³/mol. The first-order valence-electron chi connectivity index (χ1n) is 5.88. The van der Waals surface area contributed by atoms with Crippen LogP contribution < -0.4 is 5.32 Å². The molecule has 0 fully saturated rings. The van der Waals surface area contributed by atoms with Crippen molar-refractivity contribution in [3.05, 3.63) is 57.8 Å². The molecular formula is C14H14Cl2N2O. The molecule has 0 unspecified atom stereocenters. The second-order valence-electron chi connectivity index (χ2n) is 4.28. The first-order chi connectivity index (χ1) is 9.08. The lowest BCUT2D eigenvalue weighted by molar-refractivity contribution is 0.460. The molecule has 0 radical (unpaired) electrons. The standard InChI is InChI=1S/C14H14Cl2N2O/c1-9(10-2-4-17-5-3-10)18-8-11-6-12(15)7-13(16)14(11)19/h2-7,9,18-19H,8H2,1H3/t9-/m0/s1. The van der Waals surface area contributed by atoms with Gasteiger partial charge in [-0.25, -0.2) is 0 Å². The smallest absolute Gasteiger partial charge is 0.138 e. The molecule has 2 aromatic rings. The second kappa shape index (κ2) is 6.24. The van der Waals surface area contributed by atoms with E-state index in [-0.39, 0.29) is 16.8 Å². The summed E-state index contributed by atoms with van der Waals surface area (Å²) in [6.07, 6.45) is 3.50. The molecule has 0 aliphatic carbocycles. The molecule has 1 atom stereocenters. The van der Waals surface area contributed by atoms with Crippen LogP contribution in [0.5, 0.6) is 5.75 Å². The average Bonchev–Trinajstić information content (AvgIpc) is 2.41. The molecule has 19 heavy (non-hydrogen) atoms. The molecule has 5 heteroatoms. The predicted octanol–water partition coefficient (Wildman–Crippen LogP) is 3.94. The van der Waals surface area contributed by atoms with Crippen LogP contribution in [0, 0.1) is 0 Å². The maximum absolute atomic E-state index is 9.86. The highest BCUT2D eigenvalue weighted by molar-refractivity contribution is 6.35. The Balaban J connectivity index is 2.07. The van der Waals surface area contributed by atoms with E-state index in [1.807, 2.05) is 19.1 Å². The van der Waals surface area contributed by atoms with Gasteiger partial charge in [0.15, 0.2) is 0 Å². The number of phenolic OH excluding ortho intramolecular Hbond substituents is 1. The van der Waals surface area contributed by atoms with Crippen molar-refractivity contribution in [2.75, 3.05) is 0 Å². The van der Waals surface area contributed by atoms with Gasteiger partial charge in [0.05, 0.1) is 5.02 Å². The molecule has 0 bridgehead atoms. The number of hydrogen-bond acceptors (Lipinski definition) is 3. The molecule has 2 rings (SSSR count). The van der Waals surface area contributed by atoms with Crippen LogP contribution in [0.3, 0.4) is 0 Å². The Morgan fingerprint density at radius 2 is 1.95 bits per heavy atom. The van der Waals surface area contributed by atoms with Crippen molar-refractivity contribution in [2.45, 2.75) is 19.5 Å². The van der Waals surface area contributed by atoms with Crippen LogP contribution >= 0.6 is 23.2 Å². The highest BCUT2D eigenvalue weighted by Gasteiger charge is 2.10. The van der Waals surface area contributed by atoms with E-state index in [4.69, 9.17) is 23.2 Å². The van der Waals surface area contributed by atoms with Crippen LogP contribution in [0.4, 0.5) is 0 Å². The van der Waals surface area contributed by atoms with Crippen molar-refractivity contribution >= 4 is 23.2 Å². The quantitative estimate of drug-likeness (QED) is 0.898. The molecule has 1 heterocycles. The van der Waals surface area contributed by atoms with Crippen LogP contribution in [-0.2, 0) is 6.54 Å². The van der Waals surface area contributed by atoms with Crippen molar-refractivity contribution in [3.8, 4) is 5.75 Å². The molecule has 0 saturated heterocycles. The van der Waals surface area contributed by atoms with Gasteiger partial charge in [-0.05, 0) is 36.8 Å². The van der Waals surface area contributed by atoms with Crippen molar-refractivity contribution in [3.63, 3.8) is 0 Å². The Kier molecular flexibility index (Phi) is 4.64. The Morgan fingerprint density at radius 1 is 1.26 bits per heavy atom. The van der Waals surface area contributed by atoms with Gasteiger partial charge < -0.3 is 10.4 Å². The number of halogens is 2. The lowest BCUT2D eigenvalue weighted by atomic mass is 10.1. The molecule has 1 aromatic heterocycles. The number of aromatic nitrogens is 1. The van der Waals surface area contributed by atoms with Crippen LogP contribution in [0.2, 0.25) is 10.0 Å². The van der Waals surface area contributed by atoms with Crippen LogP contribution in [0.15, 0.2) is 36.7 Å². The lowest BCUT2D eigenvalue weighted by Crippen LogP contribution is -2.18. The summed E-state index contributed by atoms with van der Waals surface area (Å²) in [5.41, 5.74) is 1.81. The van der Waals surface area contributed by atoms with Crippen molar-refractivity contribution in [1.82, 2.24) is 10.3 Å². The summed E-state index contributed by atoms with van der Waals surface area (Å²) < 4.78 is 0. The van der Waals surface area contributed by atoms with Gasteiger partial charge in [0, 0.05) is 35.6 Å². The number of nitrogens with zero attached hydrogens (tertiary/aromatic N) is 1. The molecule has 3 nitrogen and oxygen atoms in total. The normalized spacial score (nSPS) is 12.4. The summed E-state index contributed by atoms with van der Waals surface area (Å²) in [4.78, 5) is 3.98. The number of nitrogens with one attached hydrogen (secondary N) is 1. The summed E-state index contributed by atoms with van der Waals surface area (Å²) >= 11 is 11.8. The van der Waals surface area contributed by atoms with Crippen LogP contribution in [0.1, 0.15) is 24.1 Å². The Bertz CT molecular complexity index is 561. The third-order valence-corrected chi connectivity index (χ3v) is 3.42. The fourth-order valence-corrected chi connectivity index (χ4v) is 2.32. The number of pyridine rings is 1. The van der Waals surface area contributed by atoms with Gasteiger partial charge in [-0.15, -0.1) is 0 Å². The first kappa shape index (κ1) is 14.1. The minimum absolute atomic E-state index is 0.0699. The average molecular weight is 297 g/mol. The van der Waals surface area contributed by atoms with Gasteiger partial charge in [0.25, 0.3) is 0 Å². The Hall–Kier alpha value is -1.29. The monoisotopic (exact) mass is 296 g/mol.